The number of benzene rings is 12. The van der Waals surface area contributed by atoms with E-state index in [1.165, 1.54) is 98.6 Å². The van der Waals surface area contributed by atoms with Crippen LogP contribution < -0.4 is 4.90 Å². The Bertz CT molecular complexity index is 3980. The lowest BCUT2D eigenvalue weighted by atomic mass is 9.85. The lowest BCUT2D eigenvalue weighted by Gasteiger charge is -2.27. The molecule has 2 nitrogen and oxygen atoms in total. The standard InChI is InChI=1S/C66H44N2/c1-4-17-48(18-5-1)65-60-26-13-12-24-57(60)58-40-39-56(44-62(58)66(65)49-19-6-2-7-20-49)67(54-35-30-46(31-36-54)51-29-28-45-16-10-11-21-50(45)42-51)55-37-32-47(33-38-55)52-34-41-64-61(43-52)59-25-14-15-27-63(59)68(64)53-22-8-3-9-23-53/h1-44H. The van der Waals surface area contributed by atoms with Crippen molar-refractivity contribution in [3.63, 3.8) is 0 Å². The van der Waals surface area contributed by atoms with Crippen LogP contribution in [0.1, 0.15) is 0 Å². The van der Waals surface area contributed by atoms with Crippen molar-refractivity contribution >= 4 is 71.2 Å². The van der Waals surface area contributed by atoms with Crippen molar-refractivity contribution in [1.29, 1.82) is 0 Å². The van der Waals surface area contributed by atoms with Crippen molar-refractivity contribution in [2.75, 3.05) is 4.90 Å². The first-order valence-corrected chi connectivity index (χ1v) is 23.4. The summed E-state index contributed by atoms with van der Waals surface area (Å²) in [6, 6.07) is 97.5. The topological polar surface area (TPSA) is 8.17 Å². The second-order valence-electron chi connectivity index (χ2n) is 17.7. The van der Waals surface area contributed by atoms with Crippen LogP contribution in [0.2, 0.25) is 0 Å². The minimum Gasteiger partial charge on any atom is -0.310 e. The van der Waals surface area contributed by atoms with Gasteiger partial charge in [-0.2, -0.15) is 0 Å². The minimum atomic E-state index is 1.08. The zero-order valence-corrected chi connectivity index (χ0v) is 37.3. The van der Waals surface area contributed by atoms with Crippen LogP contribution in [-0.2, 0) is 0 Å². The van der Waals surface area contributed by atoms with E-state index in [4.69, 9.17) is 0 Å². The summed E-state index contributed by atoms with van der Waals surface area (Å²) >= 11 is 0. The third-order valence-corrected chi connectivity index (χ3v) is 13.7. The van der Waals surface area contributed by atoms with Gasteiger partial charge in [-0.3, -0.25) is 0 Å². The van der Waals surface area contributed by atoms with Gasteiger partial charge >= 0.3 is 0 Å². The molecular weight excluding hydrogens is 821 g/mol. The van der Waals surface area contributed by atoms with Gasteiger partial charge in [0, 0.05) is 33.5 Å². The van der Waals surface area contributed by atoms with E-state index in [2.05, 4.69) is 276 Å². The molecule has 0 saturated heterocycles. The molecular formula is C66H44N2. The fraction of sp³-hybridized carbons (Fsp3) is 0. The van der Waals surface area contributed by atoms with E-state index in [-0.39, 0.29) is 0 Å². The molecule has 0 fully saturated rings. The van der Waals surface area contributed by atoms with Crippen molar-refractivity contribution in [2.45, 2.75) is 0 Å². The Morgan fingerprint density at radius 2 is 0.706 bits per heavy atom. The predicted octanol–water partition coefficient (Wildman–Crippen LogP) is 18.4. The largest absolute Gasteiger partial charge is 0.310 e. The van der Waals surface area contributed by atoms with Gasteiger partial charge in [-0.15, -0.1) is 0 Å². The van der Waals surface area contributed by atoms with Gasteiger partial charge in [0.2, 0.25) is 0 Å². The van der Waals surface area contributed by atoms with Crippen molar-refractivity contribution in [2.24, 2.45) is 0 Å². The van der Waals surface area contributed by atoms with Crippen LogP contribution in [0.4, 0.5) is 17.1 Å². The molecule has 12 aromatic carbocycles. The number of rotatable bonds is 8. The van der Waals surface area contributed by atoms with Crippen LogP contribution in [-0.4, -0.2) is 4.57 Å². The molecule has 0 bridgehead atoms. The third kappa shape index (κ3) is 6.73. The van der Waals surface area contributed by atoms with Crippen LogP contribution in [0, 0.1) is 0 Å². The zero-order valence-electron chi connectivity index (χ0n) is 37.3. The van der Waals surface area contributed by atoms with E-state index >= 15 is 0 Å². The van der Waals surface area contributed by atoms with Gasteiger partial charge in [0.1, 0.15) is 0 Å². The highest BCUT2D eigenvalue weighted by Crippen LogP contribution is 2.47. The molecule has 0 atom stereocenters. The number of anilines is 3. The first kappa shape index (κ1) is 39.4. The van der Waals surface area contributed by atoms with Gasteiger partial charge in [0.15, 0.2) is 0 Å². The van der Waals surface area contributed by atoms with Crippen LogP contribution in [0.25, 0.3) is 104 Å². The molecule has 0 radical (unpaired) electrons. The first-order valence-electron chi connectivity index (χ1n) is 23.4. The highest BCUT2D eigenvalue weighted by molar-refractivity contribution is 6.22. The SMILES string of the molecule is c1ccc(-c2c(-c3ccccc3)c3cc(N(c4ccc(-c5ccc6ccccc6c5)cc4)c4ccc(-c5ccc6c(c5)c5ccccc5n6-c5ccccc5)cc4)ccc3c3ccccc23)cc1. The lowest BCUT2D eigenvalue weighted by molar-refractivity contribution is 1.18. The van der Waals surface area contributed by atoms with Crippen LogP contribution in [0.3, 0.4) is 0 Å². The van der Waals surface area contributed by atoms with Gasteiger partial charge in [-0.1, -0.05) is 194 Å². The number of hydrogen-bond acceptors (Lipinski definition) is 1. The Morgan fingerprint density at radius 1 is 0.235 bits per heavy atom. The van der Waals surface area contributed by atoms with Crippen LogP contribution >= 0.6 is 0 Å². The molecule has 13 rings (SSSR count). The molecule has 318 valence electrons. The second kappa shape index (κ2) is 16.5. The number of hydrogen-bond donors (Lipinski definition) is 0. The van der Waals surface area contributed by atoms with Gasteiger partial charge in [0.25, 0.3) is 0 Å². The van der Waals surface area contributed by atoms with E-state index in [0.717, 1.165) is 22.7 Å². The van der Waals surface area contributed by atoms with Crippen LogP contribution in [0.15, 0.2) is 267 Å². The summed E-state index contributed by atoms with van der Waals surface area (Å²) in [7, 11) is 0. The van der Waals surface area contributed by atoms with Gasteiger partial charge < -0.3 is 9.47 Å². The monoisotopic (exact) mass is 864 g/mol. The van der Waals surface area contributed by atoms with Crippen molar-refractivity contribution in [3.05, 3.63) is 267 Å². The highest BCUT2D eigenvalue weighted by atomic mass is 15.1. The molecule has 68 heavy (non-hydrogen) atoms. The Balaban J connectivity index is 0.981. The molecule has 13 aromatic rings. The van der Waals surface area contributed by atoms with E-state index in [0.29, 0.717) is 0 Å². The maximum atomic E-state index is 2.41. The summed E-state index contributed by atoms with van der Waals surface area (Å²) in [5.74, 6) is 0. The van der Waals surface area contributed by atoms with E-state index in [9.17, 15) is 0 Å². The number of para-hydroxylation sites is 2. The normalized spacial score (nSPS) is 11.5. The second-order valence-corrected chi connectivity index (χ2v) is 17.7. The summed E-state index contributed by atoms with van der Waals surface area (Å²) in [6.07, 6.45) is 0. The van der Waals surface area contributed by atoms with Crippen molar-refractivity contribution in [3.8, 4) is 50.2 Å². The lowest BCUT2D eigenvalue weighted by Crippen LogP contribution is -2.10. The Kier molecular flexibility index (Phi) is 9.54. The average Bonchev–Trinajstić information content (AvgIpc) is 3.75. The molecule has 0 aliphatic rings. The van der Waals surface area contributed by atoms with E-state index in [1.54, 1.807) is 0 Å². The summed E-state index contributed by atoms with van der Waals surface area (Å²) in [6.45, 7) is 0. The number of nitrogens with zero attached hydrogens (tertiary/aromatic N) is 2. The minimum absolute atomic E-state index is 1.08. The maximum absolute atomic E-state index is 2.41. The summed E-state index contributed by atoms with van der Waals surface area (Å²) in [5, 5.41) is 9.91. The van der Waals surface area contributed by atoms with Gasteiger partial charge in [-0.05, 0) is 150 Å². The fourth-order valence-corrected chi connectivity index (χ4v) is 10.6. The molecule has 0 aliphatic carbocycles. The summed E-state index contributed by atoms with van der Waals surface area (Å²) < 4.78 is 2.37. The molecule has 0 aliphatic heterocycles. The maximum Gasteiger partial charge on any atom is 0.0541 e. The molecule has 1 aromatic heterocycles. The Labute approximate surface area is 395 Å². The molecule has 0 saturated carbocycles. The average molecular weight is 865 g/mol. The highest BCUT2D eigenvalue weighted by Gasteiger charge is 2.21. The van der Waals surface area contributed by atoms with Crippen molar-refractivity contribution in [1.82, 2.24) is 4.57 Å². The van der Waals surface area contributed by atoms with E-state index < -0.39 is 0 Å². The number of fused-ring (bicyclic) bond motifs is 7. The van der Waals surface area contributed by atoms with Crippen LogP contribution in [0.5, 0.6) is 0 Å². The summed E-state index contributed by atoms with van der Waals surface area (Å²) in [4.78, 5) is 2.41. The molecule has 0 spiro atoms. The Hall–Kier alpha value is -8.98. The summed E-state index contributed by atoms with van der Waals surface area (Å²) in [5.41, 5.74) is 16.4. The fourth-order valence-electron chi connectivity index (χ4n) is 10.6. The smallest absolute Gasteiger partial charge is 0.0541 e. The quantitative estimate of drug-likeness (QED) is 0.138. The van der Waals surface area contributed by atoms with Crippen molar-refractivity contribution < 1.29 is 0 Å². The van der Waals surface area contributed by atoms with E-state index in [1.807, 2.05) is 0 Å². The first-order chi connectivity index (χ1) is 33.7. The van der Waals surface area contributed by atoms with Gasteiger partial charge in [-0.25, -0.2) is 0 Å². The predicted molar refractivity (Wildman–Crippen MR) is 290 cm³/mol. The van der Waals surface area contributed by atoms with Gasteiger partial charge in [0.05, 0.1) is 11.0 Å². The molecule has 2 heteroatoms. The molecule has 0 unspecified atom stereocenters. The zero-order chi connectivity index (χ0) is 45.0. The molecule has 0 amide bonds. The molecule has 0 N–H and O–H groups in total. The Morgan fingerprint density at radius 3 is 1.38 bits per heavy atom. The number of aromatic nitrogens is 1. The molecule has 1 heterocycles. The third-order valence-electron chi connectivity index (χ3n) is 13.7.